The molecule has 1 unspecified atom stereocenters. The second-order valence-electron chi connectivity index (χ2n) is 6.27. The molecule has 0 radical (unpaired) electrons. The monoisotopic (exact) mass is 378 g/mol. The van der Waals surface area contributed by atoms with E-state index in [-0.39, 0.29) is 24.7 Å². The van der Waals surface area contributed by atoms with Gasteiger partial charge in [0.05, 0.1) is 18.8 Å². The topological polar surface area (TPSA) is 66.5 Å². The molecule has 140 valence electrons. The Balaban J connectivity index is 2.10. The van der Waals surface area contributed by atoms with Crippen LogP contribution in [0.25, 0.3) is 0 Å². The van der Waals surface area contributed by atoms with Crippen LogP contribution in [0.15, 0.2) is 48.5 Å². The molecule has 1 amide bonds. The predicted molar refractivity (Wildman–Crippen MR) is 99.4 cm³/mol. The van der Waals surface area contributed by atoms with Crippen molar-refractivity contribution in [2.75, 3.05) is 12.8 Å². The van der Waals surface area contributed by atoms with Crippen molar-refractivity contribution in [1.29, 1.82) is 0 Å². The number of carbonyl (C=O) groups excluding carboxylic acids is 1. The number of aryl methyl sites for hydroxylation is 1. The lowest BCUT2D eigenvalue weighted by atomic mass is 10.0. The van der Waals surface area contributed by atoms with Crippen molar-refractivity contribution in [2.45, 2.75) is 26.4 Å². The lowest BCUT2D eigenvalue weighted by Gasteiger charge is -2.22. The molecule has 0 aliphatic heterocycles. The van der Waals surface area contributed by atoms with Crippen molar-refractivity contribution in [2.24, 2.45) is 0 Å². The summed E-state index contributed by atoms with van der Waals surface area (Å²) >= 11 is 0. The molecule has 0 bridgehead atoms. The number of rotatable bonds is 7. The third-order valence-corrected chi connectivity index (χ3v) is 5.32. The minimum atomic E-state index is -3.68. The Morgan fingerprint density at radius 2 is 1.77 bits per heavy atom. The van der Waals surface area contributed by atoms with E-state index in [4.69, 9.17) is 0 Å². The lowest BCUT2D eigenvalue weighted by molar-refractivity contribution is -0.122. The zero-order valence-electron chi connectivity index (χ0n) is 15.1. The number of amides is 1. The van der Waals surface area contributed by atoms with Crippen molar-refractivity contribution < 1.29 is 17.6 Å². The average Bonchev–Trinajstić information content (AvgIpc) is 2.55. The zero-order chi connectivity index (χ0) is 19.3. The number of benzene rings is 2. The number of nitrogens with one attached hydrogen (secondary N) is 1. The lowest BCUT2D eigenvalue weighted by Crippen LogP contribution is -2.40. The average molecular weight is 378 g/mol. The number of carbonyl (C=O) groups is 1. The van der Waals surface area contributed by atoms with Crippen LogP contribution < -0.4 is 5.32 Å². The molecule has 0 saturated heterocycles. The smallest absolute Gasteiger partial charge is 0.235 e. The molecular weight excluding hydrogens is 355 g/mol. The van der Waals surface area contributed by atoms with E-state index in [0.29, 0.717) is 0 Å². The highest BCUT2D eigenvalue weighted by Gasteiger charge is 2.23. The third kappa shape index (κ3) is 5.37. The molecule has 2 aromatic rings. The Hall–Kier alpha value is -2.25. The normalized spacial score (nSPS) is 12.8. The highest BCUT2D eigenvalue weighted by atomic mass is 32.2. The summed E-state index contributed by atoms with van der Waals surface area (Å²) in [5, 5.41) is 2.80. The van der Waals surface area contributed by atoms with Gasteiger partial charge in [0.15, 0.2) is 0 Å². The molecule has 0 aliphatic rings. The quantitative estimate of drug-likeness (QED) is 0.806. The van der Waals surface area contributed by atoms with Crippen molar-refractivity contribution in [3.8, 4) is 0 Å². The molecule has 0 heterocycles. The number of sulfonamides is 1. The molecule has 26 heavy (non-hydrogen) atoms. The van der Waals surface area contributed by atoms with Gasteiger partial charge in [0.25, 0.3) is 0 Å². The molecule has 0 aliphatic carbocycles. The summed E-state index contributed by atoms with van der Waals surface area (Å²) < 4.78 is 38.8. The van der Waals surface area contributed by atoms with Crippen LogP contribution in [0.4, 0.5) is 4.39 Å². The van der Waals surface area contributed by atoms with Gasteiger partial charge in [0, 0.05) is 12.1 Å². The largest absolute Gasteiger partial charge is 0.348 e. The summed E-state index contributed by atoms with van der Waals surface area (Å²) in [6.45, 7) is 3.21. The molecule has 1 N–H and O–H groups in total. The number of halogens is 1. The SMILES string of the molecule is Cc1ccccc1C(C)NC(=O)CN(Cc1ccccc1F)S(C)(=O)=O. The maximum absolute atomic E-state index is 13.8. The number of nitrogens with zero attached hydrogens (tertiary/aromatic N) is 1. The van der Waals surface area contributed by atoms with Gasteiger partial charge in [-0.15, -0.1) is 0 Å². The van der Waals surface area contributed by atoms with Gasteiger partial charge in [0.2, 0.25) is 15.9 Å². The van der Waals surface area contributed by atoms with Gasteiger partial charge in [-0.3, -0.25) is 4.79 Å². The first-order chi connectivity index (χ1) is 12.2. The zero-order valence-corrected chi connectivity index (χ0v) is 15.9. The Morgan fingerprint density at radius 1 is 1.15 bits per heavy atom. The molecule has 2 rings (SSSR count). The summed E-state index contributed by atoms with van der Waals surface area (Å²) in [5.41, 5.74) is 2.21. The first kappa shape index (κ1) is 20.1. The second-order valence-corrected chi connectivity index (χ2v) is 8.25. The second kappa shape index (κ2) is 8.42. The Kier molecular flexibility index (Phi) is 6.50. The van der Waals surface area contributed by atoms with Gasteiger partial charge in [-0.05, 0) is 31.0 Å². The molecule has 0 aromatic heterocycles. The van der Waals surface area contributed by atoms with Gasteiger partial charge in [-0.1, -0.05) is 42.5 Å². The molecule has 7 heteroatoms. The maximum Gasteiger partial charge on any atom is 0.235 e. The van der Waals surface area contributed by atoms with Gasteiger partial charge < -0.3 is 5.32 Å². The van der Waals surface area contributed by atoms with E-state index < -0.39 is 21.7 Å². The van der Waals surface area contributed by atoms with Crippen LogP contribution in [0.1, 0.15) is 29.7 Å². The summed E-state index contributed by atoms with van der Waals surface area (Å²) in [7, 11) is -3.68. The van der Waals surface area contributed by atoms with Crippen LogP contribution in [0, 0.1) is 12.7 Å². The highest BCUT2D eigenvalue weighted by molar-refractivity contribution is 7.88. The van der Waals surface area contributed by atoms with E-state index in [2.05, 4.69) is 5.32 Å². The van der Waals surface area contributed by atoms with E-state index in [1.54, 1.807) is 6.07 Å². The fourth-order valence-electron chi connectivity index (χ4n) is 2.70. The van der Waals surface area contributed by atoms with Crippen LogP contribution in [0.2, 0.25) is 0 Å². The molecule has 2 aromatic carbocycles. The Morgan fingerprint density at radius 3 is 2.38 bits per heavy atom. The summed E-state index contributed by atoms with van der Waals surface area (Å²) in [6, 6.07) is 13.3. The molecular formula is C19H23FN2O3S. The minimum absolute atomic E-state index is 0.197. The molecule has 5 nitrogen and oxygen atoms in total. The fourth-order valence-corrected chi connectivity index (χ4v) is 3.43. The van der Waals surface area contributed by atoms with Crippen LogP contribution in [-0.2, 0) is 21.4 Å². The maximum atomic E-state index is 13.8. The van der Waals surface area contributed by atoms with Crippen LogP contribution in [0.5, 0.6) is 0 Å². The van der Waals surface area contributed by atoms with E-state index in [1.807, 2.05) is 38.1 Å². The van der Waals surface area contributed by atoms with Gasteiger partial charge in [0.1, 0.15) is 5.82 Å². The molecule has 0 spiro atoms. The van der Waals surface area contributed by atoms with Crippen molar-refractivity contribution >= 4 is 15.9 Å². The van der Waals surface area contributed by atoms with E-state index in [0.717, 1.165) is 21.7 Å². The van der Waals surface area contributed by atoms with E-state index >= 15 is 0 Å². The number of hydrogen-bond donors (Lipinski definition) is 1. The van der Waals surface area contributed by atoms with Crippen molar-refractivity contribution in [3.63, 3.8) is 0 Å². The van der Waals surface area contributed by atoms with Gasteiger partial charge >= 0.3 is 0 Å². The van der Waals surface area contributed by atoms with Crippen LogP contribution in [0.3, 0.4) is 0 Å². The van der Waals surface area contributed by atoms with Gasteiger partial charge in [-0.2, -0.15) is 4.31 Å². The van der Waals surface area contributed by atoms with E-state index in [9.17, 15) is 17.6 Å². The standard InChI is InChI=1S/C19H23FN2O3S/c1-14-8-4-6-10-17(14)15(2)21-19(23)13-22(26(3,24)25)12-16-9-5-7-11-18(16)20/h4-11,15H,12-13H2,1-3H3,(H,21,23). The Bertz CT molecular complexity index is 884. The van der Waals surface area contributed by atoms with Crippen LogP contribution >= 0.6 is 0 Å². The predicted octanol–water partition coefficient (Wildman–Crippen LogP) is 2.77. The third-order valence-electron chi connectivity index (χ3n) is 4.13. The molecule has 0 fully saturated rings. The molecule has 0 saturated carbocycles. The van der Waals surface area contributed by atoms with Crippen LogP contribution in [-0.4, -0.2) is 31.4 Å². The fraction of sp³-hybridized carbons (Fsp3) is 0.316. The minimum Gasteiger partial charge on any atom is -0.348 e. The van der Waals surface area contributed by atoms with E-state index in [1.165, 1.54) is 18.2 Å². The Labute approximate surface area is 153 Å². The number of hydrogen-bond acceptors (Lipinski definition) is 3. The highest BCUT2D eigenvalue weighted by Crippen LogP contribution is 2.17. The summed E-state index contributed by atoms with van der Waals surface area (Å²) in [4.78, 5) is 12.4. The van der Waals surface area contributed by atoms with Crippen molar-refractivity contribution in [3.05, 3.63) is 71.0 Å². The first-order valence-corrected chi connectivity index (χ1v) is 10.1. The van der Waals surface area contributed by atoms with Crippen molar-refractivity contribution in [1.82, 2.24) is 9.62 Å². The molecule has 1 atom stereocenters. The van der Waals surface area contributed by atoms with Gasteiger partial charge in [-0.25, -0.2) is 12.8 Å². The summed E-state index contributed by atoms with van der Waals surface area (Å²) in [5.74, 6) is -0.947. The first-order valence-electron chi connectivity index (χ1n) is 8.22. The summed E-state index contributed by atoms with van der Waals surface area (Å²) in [6.07, 6.45) is 1.01.